The molecule has 0 aromatic heterocycles. The number of nitrogens with zero attached hydrogens (tertiary/aromatic N) is 11. The Bertz CT molecular complexity index is 4140. The number of rotatable bonds is 16. The van der Waals surface area contributed by atoms with Crippen LogP contribution in [0.3, 0.4) is 0 Å². The summed E-state index contributed by atoms with van der Waals surface area (Å²) in [5.41, 5.74) is -2.66. The summed E-state index contributed by atoms with van der Waals surface area (Å²) >= 11 is 0. The van der Waals surface area contributed by atoms with Crippen molar-refractivity contribution >= 4 is 30.9 Å². The van der Waals surface area contributed by atoms with Gasteiger partial charge in [0.25, 0.3) is 0 Å². The average molecular weight is 1790 g/mol. The van der Waals surface area contributed by atoms with Gasteiger partial charge in [-0.3, -0.25) is 43.8 Å². The van der Waals surface area contributed by atoms with E-state index in [-0.39, 0.29) is 144 Å². The second-order valence-corrected chi connectivity index (χ2v) is 47.2. The Labute approximate surface area is 781 Å². The van der Waals surface area contributed by atoms with Crippen LogP contribution in [0.1, 0.15) is 339 Å². The first-order valence-corrected chi connectivity index (χ1v) is 46.0. The number of amides is 6. The van der Waals surface area contributed by atoms with Gasteiger partial charge < -0.3 is 61.5 Å². The minimum atomic E-state index is -0.952. The molecule has 0 atom stereocenters. The number of aliphatic hydroxyl groups excluding tert-OH is 2. The van der Waals surface area contributed by atoms with E-state index in [1.54, 1.807) is 25.8 Å². The molecule has 11 aliphatic heterocycles. The second-order valence-electron chi connectivity index (χ2n) is 47.2. The fourth-order valence-electron chi connectivity index (χ4n) is 23.1. The summed E-state index contributed by atoms with van der Waals surface area (Å²) in [6, 6.07) is 1.35. The SMILES string of the molecule is CC#CC#CC#CC#CC#CC#CC#CC#CC(=O)OC1CC(C)(C)N(OCC(C)(C)O)C(C)(C)C1.CC1(C)CC(N(C=O)CCCCCN(C=O)C2CC(C)(C)NC(C)(C)C2)CC(C)(C)N1.CC1(C)CC(N2CN3C(=O)N4CN(C5CC(C)(C)NC(C)(C)C5)CN5C(=O)N(C2)C3C45)CC(C)(C)N1.CC1(C)CC(O)CC(C)(C)N1O.CC1(C)CC(O)CC(C)(C)N1[OH2+].[HH].[HH].[HH].[HH].[HH].[HH].[HH].[HH].[HH].[HH].[HH]. The predicted molar refractivity (Wildman–Crippen MR) is 524 cm³/mol. The lowest BCUT2D eigenvalue weighted by Crippen LogP contribution is -2.68. The van der Waals surface area contributed by atoms with Gasteiger partial charge in [-0.05, 0) is 394 Å². The number of urea groups is 2. The Morgan fingerprint density at radius 2 is 0.724 bits per heavy atom. The number of ether oxygens (including phenoxy) is 1. The molecule has 0 aliphatic carbocycles. The van der Waals surface area contributed by atoms with Crippen LogP contribution in [0, 0.1) is 94.7 Å². The molecule has 27 nitrogen and oxygen atoms in total. The Hall–Kier alpha value is -7.17. The van der Waals surface area contributed by atoms with Gasteiger partial charge in [-0.1, -0.05) is 11.0 Å². The van der Waals surface area contributed by atoms with E-state index in [1.807, 2.05) is 118 Å². The molecule has 0 bridgehead atoms. The van der Waals surface area contributed by atoms with Gasteiger partial charge in [-0.15, -0.1) is 0 Å². The van der Waals surface area contributed by atoms with Crippen LogP contribution in [0.25, 0.3) is 0 Å². The predicted octanol–water partition coefficient (Wildman–Crippen LogP) is 12.9. The summed E-state index contributed by atoms with van der Waals surface area (Å²) in [5.74, 6) is 39.4. The van der Waals surface area contributed by atoms with Crippen molar-refractivity contribution in [2.75, 3.05) is 46.4 Å². The Kier molecular flexibility index (Phi) is 34.8. The largest absolute Gasteiger partial charge is 0.453 e. The average Bonchev–Trinajstić information content (AvgIpc) is 1.54. The van der Waals surface area contributed by atoms with Crippen molar-refractivity contribution in [3.8, 4) is 94.7 Å². The van der Waals surface area contributed by atoms with Crippen molar-refractivity contribution in [1.29, 1.82) is 0 Å². The van der Waals surface area contributed by atoms with E-state index in [0.29, 0.717) is 77.3 Å². The topological polar surface area (TPSA) is 291 Å². The van der Waals surface area contributed by atoms with Crippen molar-refractivity contribution < 1.29 is 75.0 Å². The lowest BCUT2D eigenvalue weighted by atomic mass is 9.79. The molecule has 0 unspecified atom stereocenters. The van der Waals surface area contributed by atoms with Crippen LogP contribution in [0.4, 0.5) is 9.59 Å². The smallest absolute Gasteiger partial charge is 0.385 e. The molecule has 6 amide bonds. The van der Waals surface area contributed by atoms with Crippen LogP contribution in [0.15, 0.2) is 0 Å². The van der Waals surface area contributed by atoms with Crippen LogP contribution in [-0.2, 0) is 24.0 Å². The minimum Gasteiger partial charge on any atom is -0.453 e. The molecule has 27 heteroatoms. The third-order valence-electron chi connectivity index (χ3n) is 25.9. The fraction of sp³-hybridized carbons (Fsp3) is 0.790. The molecule has 10 N–H and O–H groups in total. The van der Waals surface area contributed by atoms with Crippen LogP contribution in [0.2, 0.25) is 0 Å². The number of piperidine rings is 7. The van der Waals surface area contributed by atoms with E-state index in [4.69, 9.17) is 14.8 Å². The van der Waals surface area contributed by atoms with E-state index < -0.39 is 22.6 Å². The molecular weight excluding hydrogens is 1600 g/mol. The summed E-state index contributed by atoms with van der Waals surface area (Å²) in [6.07, 6.45) is 15.5. The Balaban J connectivity index is -0.000000552. The van der Waals surface area contributed by atoms with Gasteiger partial charge in [0.1, 0.15) is 6.10 Å². The molecule has 11 heterocycles. The highest BCUT2D eigenvalue weighted by Gasteiger charge is 2.65. The molecule has 127 heavy (non-hydrogen) atoms. The first kappa shape index (κ1) is 107. The number of hydroxylamine groups is 6. The Morgan fingerprint density at radius 1 is 0.441 bits per heavy atom. The van der Waals surface area contributed by atoms with Crippen molar-refractivity contribution in [1.82, 2.24) is 75.7 Å². The number of hydrogen-bond donors (Lipinski definition) is 8. The van der Waals surface area contributed by atoms with Crippen molar-refractivity contribution in [3.05, 3.63) is 0 Å². The monoisotopic (exact) mass is 1790 g/mol. The highest BCUT2D eigenvalue weighted by atomic mass is 16.7. The first-order valence-electron chi connectivity index (χ1n) is 46.0. The molecule has 730 valence electrons. The molecule has 0 saturated carbocycles. The highest BCUT2D eigenvalue weighted by Crippen LogP contribution is 2.46. The van der Waals surface area contributed by atoms with Crippen LogP contribution < -0.4 is 21.3 Å². The lowest BCUT2D eigenvalue weighted by Gasteiger charge is -2.53. The van der Waals surface area contributed by atoms with E-state index in [2.05, 4.69) is 237 Å². The molecule has 11 aliphatic rings. The molecule has 0 radical (unpaired) electrons. The number of hydrogen-bond acceptors (Lipinski definition) is 20. The van der Waals surface area contributed by atoms with Gasteiger partial charge in [0.05, 0.1) is 62.2 Å². The number of carbonyl (C=O) groups excluding carboxylic acids is 5. The zero-order chi connectivity index (χ0) is 95.7. The van der Waals surface area contributed by atoms with Gasteiger partial charge in [0, 0.05) is 138 Å². The van der Waals surface area contributed by atoms with Gasteiger partial charge in [0.15, 0.2) is 12.3 Å². The van der Waals surface area contributed by atoms with Gasteiger partial charge in [-0.25, -0.2) is 14.4 Å². The summed E-state index contributed by atoms with van der Waals surface area (Å²) in [6.45, 7) is 68.9. The maximum atomic E-state index is 13.8. The lowest BCUT2D eigenvalue weighted by molar-refractivity contribution is -0.306. The van der Waals surface area contributed by atoms with Gasteiger partial charge in [-0.2, -0.15) is 10.1 Å². The number of carbonyl (C=O) groups is 5. The number of unbranched alkanes of at least 4 members (excludes halogenated alkanes) is 2. The molecular formula is C100H184N15O12+. The van der Waals surface area contributed by atoms with Gasteiger partial charge in [0.2, 0.25) is 12.8 Å². The van der Waals surface area contributed by atoms with Gasteiger partial charge >= 0.3 is 18.0 Å². The van der Waals surface area contributed by atoms with Crippen molar-refractivity contribution in [2.45, 2.75) is 462 Å². The van der Waals surface area contributed by atoms with Crippen molar-refractivity contribution in [3.63, 3.8) is 0 Å². The zero-order valence-electron chi connectivity index (χ0n) is 83.4. The Morgan fingerprint density at radius 3 is 1.02 bits per heavy atom. The maximum Gasteiger partial charge on any atom is 0.385 e. The van der Waals surface area contributed by atoms with E-state index in [1.165, 1.54) is 5.06 Å². The quantitative estimate of drug-likeness (QED) is 0.0178. The molecule has 0 aromatic rings. The third-order valence-corrected chi connectivity index (χ3v) is 25.9. The van der Waals surface area contributed by atoms with E-state index in [9.17, 15) is 44.5 Å². The van der Waals surface area contributed by atoms with E-state index in [0.717, 1.165) is 96.5 Å². The normalized spacial score (nSPS) is 25.5. The number of nitrogens with one attached hydrogen (secondary N) is 4. The highest BCUT2D eigenvalue weighted by molar-refractivity contribution is 5.89. The summed E-state index contributed by atoms with van der Waals surface area (Å²) < 4.78 is 5.56. The molecule has 0 aromatic carbocycles. The van der Waals surface area contributed by atoms with E-state index >= 15 is 0 Å². The molecule has 11 saturated heterocycles. The third kappa shape index (κ3) is 30.7. The molecule has 11 rings (SSSR count). The molecule has 11 fully saturated rings. The number of esters is 1. The maximum absolute atomic E-state index is 13.8. The summed E-state index contributed by atoms with van der Waals surface area (Å²) in [7, 11) is 0. The van der Waals surface area contributed by atoms with Crippen LogP contribution in [0.5, 0.6) is 0 Å². The standard InChI is InChI=1S/C31H29NO4.C26H46N8O2.C25H48N4O2.2C9H19NO2.11H2/c1-8-9-10-11-12-13-14-15-16-17-18-19-20-21-22-23-28(33)36-27-24-29(2,3)32(30(4,5)25-27)35-26-31(6,7)34;1-23(2)9-17(10-24(3,4)27-23)29-13-31-19-20-33(21(31)35)15-30(16-34(20)22(36)32(19)14-29)18-11-25(5,6)28-26(7,8)12-18;1-22(2)14-20(15-23(3,4)26-22)28(18-30)12-10-9-11-13-29(19-31)21-16-24(5,6)27-25(7,8)17-21;2*1-8(2)5-7(11)6-9(3,4)10(8)12;;;;;;;;;;;/h27,34H,24-26H2,1-7H3;17-20,27-28H,9-16H2,1-8H3;18-21,26-27H,9-17H2,1-8H3;2*7,11-12H,5-6H2,1-4H3;11*1H/p+1. The minimum absolute atomic E-state index is 0. The first-order chi connectivity index (χ1) is 58.1. The second kappa shape index (κ2) is 41.3. The van der Waals surface area contributed by atoms with Crippen LogP contribution in [-0.4, -0.2) is 295 Å². The zero-order valence-corrected chi connectivity index (χ0v) is 83.4. The summed E-state index contributed by atoms with van der Waals surface area (Å²) in [5, 5.41) is 66.6. The molecule has 0 spiro atoms. The summed E-state index contributed by atoms with van der Waals surface area (Å²) in [4.78, 5) is 86.0. The fourth-order valence-corrected chi connectivity index (χ4v) is 23.1. The van der Waals surface area contributed by atoms with Crippen LogP contribution >= 0.6 is 0 Å². The number of aliphatic hydroxyl groups is 3. The van der Waals surface area contributed by atoms with Crippen molar-refractivity contribution in [2.24, 2.45) is 0 Å².